The third-order valence-electron chi connectivity index (χ3n) is 3.95. The van der Waals surface area contributed by atoms with E-state index in [-0.39, 0.29) is 34.3 Å². The van der Waals surface area contributed by atoms with Gasteiger partial charge in [-0.05, 0) is 38.8 Å². The summed E-state index contributed by atoms with van der Waals surface area (Å²) >= 11 is 0.865. The lowest BCUT2D eigenvalue weighted by molar-refractivity contribution is -0.117. The number of alkyl halides is 2. The molecule has 0 radical (unpaired) electrons. The molecule has 0 unspecified atom stereocenters. The highest BCUT2D eigenvalue weighted by Gasteiger charge is 2.28. The number of thiophene rings is 1. The third kappa shape index (κ3) is 5.41. The number of halogens is 2. The number of hydrogen-bond donors (Lipinski definition) is 1. The molecule has 1 N–H and O–H groups in total. The minimum Gasteiger partial charge on any atom is -0.462 e. The van der Waals surface area contributed by atoms with Crippen LogP contribution in [0.4, 0.5) is 13.8 Å². The van der Waals surface area contributed by atoms with Crippen molar-refractivity contribution in [3.05, 3.63) is 33.5 Å². The Labute approximate surface area is 176 Å². The molecule has 0 aliphatic rings. The van der Waals surface area contributed by atoms with Crippen LogP contribution in [0.25, 0.3) is 0 Å². The second-order valence-electron chi connectivity index (χ2n) is 6.33. The van der Waals surface area contributed by atoms with Crippen LogP contribution >= 0.6 is 11.3 Å². The summed E-state index contributed by atoms with van der Waals surface area (Å²) in [6.45, 7) is 6.38. The Hall–Kier alpha value is -2.82. The van der Waals surface area contributed by atoms with Gasteiger partial charge in [0.25, 0.3) is 6.43 Å². The number of anilines is 1. The zero-order valence-corrected chi connectivity index (χ0v) is 17.9. The number of ether oxygens (including phenoxy) is 2. The number of aryl methyl sites for hydroxylation is 1. The molecule has 1 amide bonds. The van der Waals surface area contributed by atoms with Gasteiger partial charge in [0.1, 0.15) is 22.1 Å². The van der Waals surface area contributed by atoms with Crippen molar-refractivity contribution < 1.29 is 32.6 Å². The van der Waals surface area contributed by atoms with Gasteiger partial charge in [-0.25, -0.2) is 18.4 Å². The molecule has 164 valence electrons. The molecule has 0 fully saturated rings. The maximum absolute atomic E-state index is 13.1. The van der Waals surface area contributed by atoms with Crippen molar-refractivity contribution in [1.29, 1.82) is 0 Å². The summed E-state index contributed by atoms with van der Waals surface area (Å²) in [4.78, 5) is 37.3. The predicted octanol–water partition coefficient (Wildman–Crippen LogP) is 3.88. The molecule has 0 aliphatic carbocycles. The molecule has 2 aromatic heterocycles. The van der Waals surface area contributed by atoms with E-state index in [0.29, 0.717) is 17.7 Å². The van der Waals surface area contributed by atoms with Gasteiger partial charge in [-0.3, -0.25) is 9.48 Å². The topological polar surface area (TPSA) is 99.5 Å². The van der Waals surface area contributed by atoms with Crippen LogP contribution in [0.15, 0.2) is 6.07 Å². The Bertz CT molecular complexity index is 939. The van der Waals surface area contributed by atoms with Crippen LogP contribution in [0, 0.1) is 13.8 Å². The Balaban J connectivity index is 2.32. The zero-order chi connectivity index (χ0) is 22.4. The standard InChI is InChI=1S/C19H23F2N3O5S/c1-5-7-29-18(26)14-11(4)15(19(27)28-6-2)30-17(14)22-13(25)9-24-12(16(20)21)8-10(3)23-24/h8,16H,5-7,9H2,1-4H3,(H,22,25). The van der Waals surface area contributed by atoms with Crippen LogP contribution in [0.1, 0.15) is 63.7 Å². The van der Waals surface area contributed by atoms with E-state index in [2.05, 4.69) is 10.4 Å². The highest BCUT2D eigenvalue weighted by Crippen LogP contribution is 2.34. The molecule has 0 spiro atoms. The molecule has 0 atom stereocenters. The van der Waals surface area contributed by atoms with Gasteiger partial charge in [-0.1, -0.05) is 6.92 Å². The minimum atomic E-state index is -2.79. The SMILES string of the molecule is CCCOC(=O)c1c(NC(=O)Cn2nc(C)cc2C(F)F)sc(C(=O)OCC)c1C. The molecule has 2 rings (SSSR count). The van der Waals surface area contributed by atoms with E-state index in [1.165, 1.54) is 13.0 Å². The number of amides is 1. The summed E-state index contributed by atoms with van der Waals surface area (Å²) in [6, 6.07) is 1.19. The normalized spacial score (nSPS) is 10.9. The molecule has 2 heterocycles. The van der Waals surface area contributed by atoms with Crippen molar-refractivity contribution in [3.8, 4) is 0 Å². The number of esters is 2. The third-order valence-corrected chi connectivity index (χ3v) is 5.14. The monoisotopic (exact) mass is 443 g/mol. The number of carbonyl (C=O) groups is 3. The lowest BCUT2D eigenvalue weighted by Gasteiger charge is -2.09. The van der Waals surface area contributed by atoms with Crippen molar-refractivity contribution in [3.63, 3.8) is 0 Å². The number of carbonyl (C=O) groups excluding carboxylic acids is 3. The largest absolute Gasteiger partial charge is 0.462 e. The Morgan fingerprint density at radius 3 is 2.50 bits per heavy atom. The van der Waals surface area contributed by atoms with Gasteiger partial charge in [0.2, 0.25) is 5.91 Å². The van der Waals surface area contributed by atoms with Crippen molar-refractivity contribution in [2.75, 3.05) is 18.5 Å². The molecule has 11 heteroatoms. The Morgan fingerprint density at radius 1 is 1.20 bits per heavy atom. The first-order valence-electron chi connectivity index (χ1n) is 9.29. The highest BCUT2D eigenvalue weighted by atomic mass is 32.1. The minimum absolute atomic E-state index is 0.0376. The van der Waals surface area contributed by atoms with Crippen molar-refractivity contribution in [2.24, 2.45) is 0 Å². The molecule has 0 bridgehead atoms. The van der Waals surface area contributed by atoms with Crippen LogP contribution in [-0.2, 0) is 20.8 Å². The summed E-state index contributed by atoms with van der Waals surface area (Å²) in [5, 5.41) is 6.50. The van der Waals surface area contributed by atoms with Crippen LogP contribution in [0.2, 0.25) is 0 Å². The maximum Gasteiger partial charge on any atom is 0.348 e. The van der Waals surface area contributed by atoms with E-state index in [9.17, 15) is 23.2 Å². The fourth-order valence-corrected chi connectivity index (χ4v) is 3.78. The maximum atomic E-state index is 13.1. The second-order valence-corrected chi connectivity index (χ2v) is 7.35. The van der Waals surface area contributed by atoms with Gasteiger partial charge < -0.3 is 14.8 Å². The number of aromatic nitrogens is 2. The smallest absolute Gasteiger partial charge is 0.348 e. The fourth-order valence-electron chi connectivity index (χ4n) is 2.68. The highest BCUT2D eigenvalue weighted by molar-refractivity contribution is 7.18. The van der Waals surface area contributed by atoms with Crippen molar-refractivity contribution >= 4 is 34.2 Å². The van der Waals surface area contributed by atoms with Crippen LogP contribution < -0.4 is 5.32 Å². The first-order chi connectivity index (χ1) is 14.2. The average Bonchev–Trinajstić information content (AvgIpc) is 3.19. The van der Waals surface area contributed by atoms with Gasteiger partial charge in [-0.2, -0.15) is 5.10 Å². The molecule has 0 aromatic carbocycles. The summed E-state index contributed by atoms with van der Waals surface area (Å²) in [5.74, 6) is -2.01. The van der Waals surface area contributed by atoms with E-state index >= 15 is 0 Å². The number of rotatable bonds is 9. The molecular weight excluding hydrogens is 420 g/mol. The van der Waals surface area contributed by atoms with E-state index in [1.807, 2.05) is 6.92 Å². The lowest BCUT2D eigenvalue weighted by atomic mass is 10.1. The van der Waals surface area contributed by atoms with Crippen LogP contribution in [0.3, 0.4) is 0 Å². The van der Waals surface area contributed by atoms with Crippen molar-refractivity contribution in [1.82, 2.24) is 9.78 Å². The summed E-state index contributed by atoms with van der Waals surface area (Å²) < 4.78 is 37.3. The van der Waals surface area contributed by atoms with Gasteiger partial charge in [0.15, 0.2) is 0 Å². The first kappa shape index (κ1) is 23.5. The van der Waals surface area contributed by atoms with Gasteiger partial charge in [0.05, 0.1) is 24.5 Å². The molecule has 0 saturated heterocycles. The first-order valence-corrected chi connectivity index (χ1v) is 10.1. The van der Waals surface area contributed by atoms with E-state index in [1.54, 1.807) is 13.8 Å². The molecule has 8 nitrogen and oxygen atoms in total. The number of nitrogens with one attached hydrogen (secondary N) is 1. The van der Waals surface area contributed by atoms with Gasteiger partial charge in [-0.15, -0.1) is 11.3 Å². The summed E-state index contributed by atoms with van der Waals surface area (Å²) in [6.07, 6.45) is -2.20. The summed E-state index contributed by atoms with van der Waals surface area (Å²) in [7, 11) is 0. The predicted molar refractivity (Wildman–Crippen MR) is 106 cm³/mol. The van der Waals surface area contributed by atoms with Gasteiger partial charge >= 0.3 is 11.9 Å². The Kier molecular flexibility index (Phi) is 8.04. The van der Waals surface area contributed by atoms with Crippen molar-refractivity contribution in [2.45, 2.75) is 47.1 Å². The van der Waals surface area contributed by atoms with Crippen LogP contribution in [-0.4, -0.2) is 40.8 Å². The quantitative estimate of drug-likeness (QED) is 0.591. The molecule has 2 aromatic rings. The number of nitrogens with zero attached hydrogens (tertiary/aromatic N) is 2. The fraction of sp³-hybridized carbons (Fsp3) is 0.474. The van der Waals surface area contributed by atoms with E-state index < -0.39 is 30.8 Å². The molecule has 30 heavy (non-hydrogen) atoms. The molecule has 0 saturated carbocycles. The second kappa shape index (κ2) is 10.3. The lowest BCUT2D eigenvalue weighted by Crippen LogP contribution is -2.22. The van der Waals surface area contributed by atoms with E-state index in [0.717, 1.165) is 16.0 Å². The van der Waals surface area contributed by atoms with E-state index in [4.69, 9.17) is 9.47 Å². The zero-order valence-electron chi connectivity index (χ0n) is 17.1. The molecular formula is C19H23F2N3O5S. The molecule has 0 aliphatic heterocycles. The summed E-state index contributed by atoms with van der Waals surface area (Å²) in [5.41, 5.74) is 0.312. The van der Waals surface area contributed by atoms with Gasteiger partial charge in [0, 0.05) is 0 Å². The number of hydrogen-bond acceptors (Lipinski definition) is 7. The Morgan fingerprint density at radius 2 is 1.90 bits per heavy atom. The van der Waals surface area contributed by atoms with Crippen LogP contribution in [0.5, 0.6) is 0 Å². The average molecular weight is 443 g/mol.